The van der Waals surface area contributed by atoms with Gasteiger partial charge in [-0.25, -0.2) is 0 Å². The number of hydrogen-bond acceptors (Lipinski definition) is 4. The Bertz CT molecular complexity index is 558. The van der Waals surface area contributed by atoms with Gasteiger partial charge in [-0.15, -0.1) is 0 Å². The number of carboxylic acid groups (broad SMARTS) is 2. The summed E-state index contributed by atoms with van der Waals surface area (Å²) in [7, 11) is 0. The minimum absolute atomic E-state index is 0.384. The molecule has 2 aromatic carbocycles. The van der Waals surface area contributed by atoms with Crippen LogP contribution in [0, 0.1) is 0 Å². The lowest BCUT2D eigenvalue weighted by Gasteiger charge is -1.90. The highest BCUT2D eigenvalue weighted by atomic mass is 16.4. The van der Waals surface area contributed by atoms with Crippen LogP contribution >= 0.6 is 0 Å². The molecule has 0 saturated carbocycles. The average Bonchev–Trinajstić information content (AvgIpc) is 2.62. The highest BCUT2D eigenvalue weighted by molar-refractivity contribution is 5.87. The second-order valence-corrected chi connectivity index (χ2v) is 4.44. The molecule has 0 heterocycles. The lowest BCUT2D eigenvalue weighted by Crippen LogP contribution is -2.47. The third-order valence-corrected chi connectivity index (χ3v) is 2.62. The predicted octanol–water partition coefficient (Wildman–Crippen LogP) is -2.10. The largest absolute Gasteiger partial charge is 0.545 e. The highest BCUT2D eigenvalue weighted by Gasteiger charge is 1.83. The van der Waals surface area contributed by atoms with E-state index in [9.17, 15) is 19.8 Å². The van der Waals surface area contributed by atoms with Gasteiger partial charge in [0.25, 0.3) is 0 Å². The zero-order valence-electron chi connectivity index (χ0n) is 13.4. The third kappa shape index (κ3) is 12.8. The zero-order valence-corrected chi connectivity index (χ0v) is 13.4. The van der Waals surface area contributed by atoms with Crippen molar-refractivity contribution in [3.05, 3.63) is 83.9 Å². The van der Waals surface area contributed by atoms with Crippen LogP contribution in [-0.4, -0.2) is 11.9 Å². The second-order valence-electron chi connectivity index (χ2n) is 4.44. The first-order valence-corrected chi connectivity index (χ1v) is 7.26. The topological polar surface area (TPSA) is 136 Å². The first-order chi connectivity index (χ1) is 11.5. The van der Waals surface area contributed by atoms with Crippen molar-refractivity contribution in [2.45, 2.75) is 13.1 Å². The molecule has 0 spiro atoms. The van der Waals surface area contributed by atoms with E-state index in [4.69, 9.17) is 0 Å². The lowest BCUT2D eigenvalue weighted by molar-refractivity contribution is -0.386. The van der Waals surface area contributed by atoms with Crippen molar-refractivity contribution in [2.24, 2.45) is 0 Å². The molecule has 0 radical (unpaired) electrons. The van der Waals surface area contributed by atoms with E-state index in [2.05, 4.69) is 35.7 Å². The predicted molar refractivity (Wildman–Crippen MR) is 85.2 cm³/mol. The Morgan fingerprint density at radius 3 is 1.17 bits per heavy atom. The van der Waals surface area contributed by atoms with Crippen LogP contribution in [0.5, 0.6) is 0 Å². The number of aliphatic carboxylic acids is 2. The Kier molecular flexibility index (Phi) is 12.0. The van der Waals surface area contributed by atoms with E-state index in [0.29, 0.717) is 12.2 Å². The molecule has 6 N–H and O–H groups in total. The molecule has 0 aliphatic heterocycles. The van der Waals surface area contributed by atoms with Crippen LogP contribution in [0.2, 0.25) is 0 Å². The first kappa shape index (κ1) is 21.0. The maximum atomic E-state index is 9.41. The maximum absolute atomic E-state index is 9.41. The molecule has 0 saturated heterocycles. The number of benzene rings is 2. The summed E-state index contributed by atoms with van der Waals surface area (Å²) in [5.41, 5.74) is 10.1. The maximum Gasteiger partial charge on any atom is 0.0997 e. The van der Waals surface area contributed by atoms with Crippen molar-refractivity contribution in [1.29, 1.82) is 0 Å². The fourth-order valence-corrected chi connectivity index (χ4v) is 1.43. The van der Waals surface area contributed by atoms with Gasteiger partial charge in [0.1, 0.15) is 0 Å². The van der Waals surface area contributed by atoms with Gasteiger partial charge in [-0.1, -0.05) is 60.7 Å². The van der Waals surface area contributed by atoms with Crippen molar-refractivity contribution < 1.29 is 31.3 Å². The Morgan fingerprint density at radius 1 is 0.708 bits per heavy atom. The van der Waals surface area contributed by atoms with E-state index in [1.165, 1.54) is 11.1 Å². The van der Waals surface area contributed by atoms with Gasteiger partial charge in [0.2, 0.25) is 0 Å². The summed E-state index contributed by atoms with van der Waals surface area (Å²) in [6.45, 7) is 1.78. The van der Waals surface area contributed by atoms with E-state index < -0.39 is 11.9 Å². The third-order valence-electron chi connectivity index (χ3n) is 2.62. The van der Waals surface area contributed by atoms with Gasteiger partial charge in [-0.05, 0) is 12.2 Å². The Hall–Kier alpha value is -2.96. The van der Waals surface area contributed by atoms with Gasteiger partial charge >= 0.3 is 0 Å². The molecule has 6 nitrogen and oxygen atoms in total. The average molecular weight is 330 g/mol. The Labute approximate surface area is 141 Å². The molecule has 24 heavy (non-hydrogen) atoms. The molecule has 0 aliphatic rings. The molecule has 2 aromatic rings. The molecule has 0 aliphatic carbocycles. The Morgan fingerprint density at radius 2 is 1.00 bits per heavy atom. The highest BCUT2D eigenvalue weighted by Crippen LogP contribution is 1.94. The summed E-state index contributed by atoms with van der Waals surface area (Å²) in [6, 6.07) is 20.4. The summed E-state index contributed by atoms with van der Waals surface area (Å²) < 4.78 is 0. The Balaban J connectivity index is 0.000000331. The van der Waals surface area contributed by atoms with Crippen molar-refractivity contribution in [2.75, 3.05) is 0 Å². The quantitative estimate of drug-likeness (QED) is 0.621. The molecule has 128 valence electrons. The van der Waals surface area contributed by atoms with Gasteiger partial charge in [0.05, 0.1) is 25.0 Å². The summed E-state index contributed by atoms with van der Waals surface area (Å²) in [6.07, 6.45) is 0.769. The molecule has 0 atom stereocenters. The molecule has 0 aromatic heterocycles. The summed E-state index contributed by atoms with van der Waals surface area (Å²) in [4.78, 5) is 18.8. The van der Waals surface area contributed by atoms with Crippen LogP contribution in [0.15, 0.2) is 72.8 Å². The van der Waals surface area contributed by atoms with Crippen molar-refractivity contribution in [3.8, 4) is 0 Å². The number of rotatable bonds is 4. The standard InChI is InChI=1S/2C7H9N.C4H4O4/c2*8-6-7-4-2-1-3-5-7;5-3(6)1-2-4(7)8/h2*1-5H,6,8H2;1-2H,(H,5,6)(H,7,8). The number of quaternary nitrogens is 2. The molecule has 2 rings (SSSR count). The van der Waals surface area contributed by atoms with Crippen LogP contribution < -0.4 is 21.7 Å². The molecule has 0 fully saturated rings. The summed E-state index contributed by atoms with van der Waals surface area (Å²) in [5.74, 6) is -3.09. The number of hydrogen-bond donors (Lipinski definition) is 2. The van der Waals surface area contributed by atoms with Crippen molar-refractivity contribution in [1.82, 2.24) is 0 Å². The second kappa shape index (κ2) is 13.7. The molecule has 6 heteroatoms. The van der Waals surface area contributed by atoms with Gasteiger partial charge in [0.15, 0.2) is 0 Å². The smallest absolute Gasteiger partial charge is 0.0997 e. The lowest BCUT2D eigenvalue weighted by atomic mass is 10.2. The van der Waals surface area contributed by atoms with Crippen molar-refractivity contribution in [3.63, 3.8) is 0 Å². The van der Waals surface area contributed by atoms with Gasteiger partial charge in [-0.3, -0.25) is 0 Å². The van der Waals surface area contributed by atoms with Crippen LogP contribution in [0.1, 0.15) is 11.1 Å². The van der Waals surface area contributed by atoms with E-state index in [1.807, 2.05) is 36.4 Å². The molecular weight excluding hydrogens is 308 g/mol. The fourth-order valence-electron chi connectivity index (χ4n) is 1.43. The zero-order chi connectivity index (χ0) is 18.2. The molecule has 0 amide bonds. The van der Waals surface area contributed by atoms with Crippen LogP contribution in [0.4, 0.5) is 0 Å². The molecule has 0 bridgehead atoms. The van der Waals surface area contributed by atoms with Crippen LogP contribution in [-0.2, 0) is 22.7 Å². The van der Waals surface area contributed by atoms with Crippen molar-refractivity contribution >= 4 is 11.9 Å². The first-order valence-electron chi connectivity index (χ1n) is 7.26. The van der Waals surface area contributed by atoms with Gasteiger partial charge < -0.3 is 31.3 Å². The van der Waals surface area contributed by atoms with E-state index in [1.54, 1.807) is 0 Å². The van der Waals surface area contributed by atoms with Crippen LogP contribution in [0.3, 0.4) is 0 Å². The van der Waals surface area contributed by atoms with E-state index in [-0.39, 0.29) is 0 Å². The van der Waals surface area contributed by atoms with E-state index in [0.717, 1.165) is 13.1 Å². The summed E-state index contributed by atoms with van der Waals surface area (Å²) in [5, 5.41) is 18.8. The minimum atomic E-state index is -1.55. The monoisotopic (exact) mass is 330 g/mol. The van der Waals surface area contributed by atoms with E-state index >= 15 is 0 Å². The minimum Gasteiger partial charge on any atom is -0.545 e. The molecule has 0 unspecified atom stereocenters. The number of carbonyl (C=O) groups excluding carboxylic acids is 2. The normalized spacial score (nSPS) is 9.25. The number of carboxylic acids is 2. The van der Waals surface area contributed by atoms with Crippen LogP contribution in [0.25, 0.3) is 0 Å². The SMILES string of the molecule is O=C([O-])C=CC(=O)[O-].[NH3+]Cc1ccccc1.[NH3+]Cc1ccccc1. The molecular formula is C18H22N2O4. The number of carbonyl (C=O) groups is 2. The van der Waals surface area contributed by atoms with Gasteiger partial charge in [-0.2, -0.15) is 0 Å². The fraction of sp³-hybridized carbons (Fsp3) is 0.111. The summed E-state index contributed by atoms with van der Waals surface area (Å²) >= 11 is 0. The van der Waals surface area contributed by atoms with Gasteiger partial charge in [0, 0.05) is 11.1 Å².